The smallest absolute Gasteiger partial charge is 0.230 e. The Hall–Kier alpha value is -1.73. The summed E-state index contributed by atoms with van der Waals surface area (Å²) in [5, 5.41) is 12.2. The zero-order chi connectivity index (χ0) is 17.4. The van der Waals surface area contributed by atoms with Crippen LogP contribution in [-0.2, 0) is 17.9 Å². The third-order valence-electron chi connectivity index (χ3n) is 5.64. The van der Waals surface area contributed by atoms with Gasteiger partial charge < -0.3 is 9.32 Å². The zero-order valence-corrected chi connectivity index (χ0v) is 15.6. The first-order chi connectivity index (χ1) is 12.1. The largest absolute Gasteiger partial charge is 0.424 e. The molecule has 0 aromatic carbocycles. The quantitative estimate of drug-likeness (QED) is 0.820. The van der Waals surface area contributed by atoms with Gasteiger partial charge >= 0.3 is 0 Å². The van der Waals surface area contributed by atoms with Crippen molar-refractivity contribution in [3.63, 3.8) is 0 Å². The standard InChI is InChI=1S/C18H24N4O2S/c1-13-19-20-17(24-13)11-21-6-4-18(5-7-21)9-16(18)22(14(2)23)10-15-3-8-25-12-15/h3,8,12,16H,4-7,9-11H2,1-2H3/t16-/m0/s1. The normalized spacial score (nSPS) is 22.2. The van der Waals surface area contributed by atoms with Gasteiger partial charge in [0.25, 0.3) is 0 Å². The first-order valence-electron chi connectivity index (χ1n) is 8.85. The second-order valence-corrected chi connectivity index (χ2v) is 8.13. The molecule has 7 heteroatoms. The maximum Gasteiger partial charge on any atom is 0.230 e. The minimum atomic E-state index is 0.192. The van der Waals surface area contributed by atoms with Crippen LogP contribution in [0.15, 0.2) is 21.2 Å². The van der Waals surface area contributed by atoms with Crippen LogP contribution in [0.1, 0.15) is 43.5 Å². The van der Waals surface area contributed by atoms with Crippen LogP contribution in [0.3, 0.4) is 0 Å². The van der Waals surface area contributed by atoms with E-state index in [0.29, 0.717) is 23.2 Å². The van der Waals surface area contributed by atoms with Crippen molar-refractivity contribution in [3.05, 3.63) is 34.2 Å². The number of nitrogens with zero attached hydrogens (tertiary/aromatic N) is 4. The van der Waals surface area contributed by atoms with E-state index in [9.17, 15) is 4.79 Å². The molecule has 25 heavy (non-hydrogen) atoms. The molecule has 3 heterocycles. The van der Waals surface area contributed by atoms with E-state index in [-0.39, 0.29) is 5.91 Å². The van der Waals surface area contributed by atoms with E-state index in [2.05, 4.69) is 36.8 Å². The van der Waals surface area contributed by atoms with Crippen LogP contribution in [0.2, 0.25) is 0 Å². The number of rotatable bonds is 5. The molecule has 1 aliphatic carbocycles. The highest BCUT2D eigenvalue weighted by Crippen LogP contribution is 2.57. The van der Waals surface area contributed by atoms with Crippen molar-refractivity contribution in [3.8, 4) is 0 Å². The van der Waals surface area contributed by atoms with Crippen molar-refractivity contribution in [2.45, 2.75) is 52.2 Å². The number of amides is 1. The zero-order valence-electron chi connectivity index (χ0n) is 14.8. The Balaban J connectivity index is 1.34. The van der Waals surface area contributed by atoms with Crippen molar-refractivity contribution in [2.24, 2.45) is 5.41 Å². The number of aryl methyl sites for hydroxylation is 1. The van der Waals surface area contributed by atoms with Crippen molar-refractivity contribution in [1.82, 2.24) is 20.0 Å². The van der Waals surface area contributed by atoms with Gasteiger partial charge in [-0.15, -0.1) is 10.2 Å². The van der Waals surface area contributed by atoms with E-state index in [1.807, 2.05) is 6.92 Å². The van der Waals surface area contributed by atoms with Gasteiger partial charge in [-0.25, -0.2) is 0 Å². The Labute approximate surface area is 151 Å². The highest BCUT2D eigenvalue weighted by molar-refractivity contribution is 7.07. The lowest BCUT2D eigenvalue weighted by atomic mass is 9.92. The van der Waals surface area contributed by atoms with Gasteiger partial charge in [0.2, 0.25) is 17.7 Å². The number of aromatic nitrogens is 2. The third-order valence-corrected chi connectivity index (χ3v) is 6.37. The molecule has 1 spiro atoms. The number of likely N-dealkylation sites (tertiary alicyclic amines) is 1. The van der Waals surface area contributed by atoms with Gasteiger partial charge in [0.15, 0.2) is 0 Å². The molecule has 1 aliphatic heterocycles. The molecule has 6 nitrogen and oxygen atoms in total. The molecule has 2 aliphatic rings. The summed E-state index contributed by atoms with van der Waals surface area (Å²) in [6.45, 7) is 7.05. The summed E-state index contributed by atoms with van der Waals surface area (Å²) < 4.78 is 5.49. The number of thiophene rings is 1. The Morgan fingerprint density at radius 1 is 1.44 bits per heavy atom. The van der Waals surface area contributed by atoms with Crippen LogP contribution in [-0.4, -0.2) is 45.0 Å². The maximum absolute atomic E-state index is 12.2. The van der Waals surface area contributed by atoms with Crippen LogP contribution in [0.4, 0.5) is 0 Å². The third kappa shape index (κ3) is 3.48. The molecule has 2 aromatic heterocycles. The Morgan fingerprint density at radius 2 is 2.24 bits per heavy atom. The van der Waals surface area contributed by atoms with E-state index >= 15 is 0 Å². The predicted octanol–water partition coefficient (Wildman–Crippen LogP) is 2.84. The first-order valence-corrected chi connectivity index (χ1v) is 9.80. The molecule has 1 atom stereocenters. The highest BCUT2D eigenvalue weighted by Gasteiger charge is 2.58. The molecule has 4 rings (SSSR count). The summed E-state index contributed by atoms with van der Waals surface area (Å²) >= 11 is 1.69. The first kappa shape index (κ1) is 16.7. The molecular weight excluding hydrogens is 336 g/mol. The van der Waals surface area contributed by atoms with E-state index < -0.39 is 0 Å². The molecule has 1 saturated carbocycles. The molecule has 0 unspecified atom stereocenters. The van der Waals surface area contributed by atoms with Crippen molar-refractivity contribution < 1.29 is 9.21 Å². The van der Waals surface area contributed by atoms with E-state index in [1.54, 1.807) is 18.3 Å². The van der Waals surface area contributed by atoms with Gasteiger partial charge in [-0.3, -0.25) is 9.69 Å². The van der Waals surface area contributed by atoms with E-state index in [4.69, 9.17) is 4.42 Å². The molecule has 0 N–H and O–H groups in total. The maximum atomic E-state index is 12.2. The lowest BCUT2D eigenvalue weighted by Gasteiger charge is -2.34. The second kappa shape index (κ2) is 6.53. The topological polar surface area (TPSA) is 62.5 Å². The van der Waals surface area contributed by atoms with Crippen LogP contribution in [0.5, 0.6) is 0 Å². The highest BCUT2D eigenvalue weighted by atomic mass is 32.1. The van der Waals surface area contributed by atoms with E-state index in [1.165, 1.54) is 5.56 Å². The van der Waals surface area contributed by atoms with Gasteiger partial charge in [-0.2, -0.15) is 11.3 Å². The van der Waals surface area contributed by atoms with Gasteiger partial charge in [0, 0.05) is 26.4 Å². The monoisotopic (exact) mass is 360 g/mol. The molecule has 0 bridgehead atoms. The van der Waals surface area contributed by atoms with Crippen LogP contribution < -0.4 is 0 Å². The van der Waals surface area contributed by atoms with Crippen LogP contribution in [0.25, 0.3) is 0 Å². The minimum absolute atomic E-state index is 0.192. The van der Waals surface area contributed by atoms with Gasteiger partial charge in [0.05, 0.1) is 6.54 Å². The van der Waals surface area contributed by atoms with Gasteiger partial charge in [-0.05, 0) is 60.2 Å². The molecule has 2 fully saturated rings. The Morgan fingerprint density at radius 3 is 2.84 bits per heavy atom. The summed E-state index contributed by atoms with van der Waals surface area (Å²) in [6, 6.07) is 2.52. The molecule has 2 aromatic rings. The lowest BCUT2D eigenvalue weighted by molar-refractivity contribution is -0.130. The average molecular weight is 360 g/mol. The summed E-state index contributed by atoms with van der Waals surface area (Å²) in [5.41, 5.74) is 1.56. The lowest BCUT2D eigenvalue weighted by Crippen LogP contribution is -2.39. The summed E-state index contributed by atoms with van der Waals surface area (Å²) in [6.07, 6.45) is 3.42. The summed E-state index contributed by atoms with van der Waals surface area (Å²) in [7, 11) is 0. The number of hydrogen-bond donors (Lipinski definition) is 0. The fraction of sp³-hybridized carbons (Fsp3) is 0.611. The van der Waals surface area contributed by atoms with Crippen molar-refractivity contribution >= 4 is 17.2 Å². The van der Waals surface area contributed by atoms with Gasteiger partial charge in [-0.1, -0.05) is 0 Å². The average Bonchev–Trinajstić information content (AvgIpc) is 2.94. The number of piperidine rings is 1. The number of carbonyl (C=O) groups excluding carboxylic acids is 1. The summed E-state index contributed by atoms with van der Waals surface area (Å²) in [4.78, 5) is 16.6. The van der Waals surface area contributed by atoms with Crippen LogP contribution >= 0.6 is 11.3 Å². The van der Waals surface area contributed by atoms with Crippen molar-refractivity contribution in [1.29, 1.82) is 0 Å². The molecule has 134 valence electrons. The number of hydrogen-bond acceptors (Lipinski definition) is 6. The summed E-state index contributed by atoms with van der Waals surface area (Å²) in [5.74, 6) is 1.51. The van der Waals surface area contributed by atoms with E-state index in [0.717, 1.165) is 45.4 Å². The fourth-order valence-corrected chi connectivity index (χ4v) is 4.73. The molecule has 0 radical (unpaired) electrons. The van der Waals surface area contributed by atoms with Crippen LogP contribution in [0, 0.1) is 12.3 Å². The molecular formula is C18H24N4O2S. The molecule has 1 amide bonds. The minimum Gasteiger partial charge on any atom is -0.424 e. The second-order valence-electron chi connectivity index (χ2n) is 7.35. The SMILES string of the molecule is CC(=O)N(Cc1ccsc1)[C@H]1CC12CCN(Cc1nnc(C)o1)CC2. The fourth-order valence-electron chi connectivity index (χ4n) is 4.07. The van der Waals surface area contributed by atoms with Crippen molar-refractivity contribution in [2.75, 3.05) is 13.1 Å². The Bertz CT molecular complexity index is 734. The Kier molecular flexibility index (Phi) is 4.37. The predicted molar refractivity (Wildman–Crippen MR) is 94.9 cm³/mol. The molecule has 1 saturated heterocycles. The van der Waals surface area contributed by atoms with Gasteiger partial charge in [0.1, 0.15) is 0 Å². The number of carbonyl (C=O) groups is 1.